The van der Waals surface area contributed by atoms with Crippen LogP contribution in [0.5, 0.6) is 0 Å². The first-order valence-electron chi connectivity index (χ1n) is 8.14. The van der Waals surface area contributed by atoms with Gasteiger partial charge in [0.1, 0.15) is 18.3 Å². The molecular weight excluding hydrogens is 328 g/mol. The molecule has 2 heterocycles. The van der Waals surface area contributed by atoms with Crippen LogP contribution in [0.4, 0.5) is 0 Å². The molecule has 2 saturated heterocycles. The summed E-state index contributed by atoms with van der Waals surface area (Å²) in [7, 11) is 0. The maximum atomic E-state index is 12.1. The Labute approximate surface area is 145 Å². The Kier molecular flexibility index (Phi) is 5.05. The maximum absolute atomic E-state index is 12.1. The fourth-order valence-corrected chi connectivity index (χ4v) is 3.01. The van der Waals surface area contributed by atoms with Crippen molar-refractivity contribution < 1.29 is 28.9 Å². The molecule has 0 spiro atoms. The van der Waals surface area contributed by atoms with E-state index in [9.17, 15) is 14.7 Å². The zero-order valence-corrected chi connectivity index (χ0v) is 14.1. The Morgan fingerprint density at radius 2 is 1.84 bits per heavy atom. The van der Waals surface area contributed by atoms with Crippen LogP contribution < -0.4 is 10.6 Å². The third-order valence-electron chi connectivity index (χ3n) is 4.08. The fraction of sp³-hybridized carbons (Fsp3) is 0.529. The van der Waals surface area contributed by atoms with Crippen molar-refractivity contribution in [2.75, 3.05) is 13.2 Å². The van der Waals surface area contributed by atoms with Crippen molar-refractivity contribution in [3.63, 3.8) is 0 Å². The topological polar surface area (TPSA) is 106 Å². The highest BCUT2D eigenvalue weighted by Crippen LogP contribution is 2.37. The van der Waals surface area contributed by atoms with Gasteiger partial charge in [0.25, 0.3) is 5.91 Å². The second-order valence-electron chi connectivity index (χ2n) is 6.46. The standard InChI is InChI=1S/C17H22N2O6/c1-17(2)24-13-11(9-20)23-16(14(13)25-17)19-12(21)8-18-15(22)10-6-4-3-5-7-10/h3-7,11,13-14,16,20H,8-9H2,1-2H3,(H,18,22)(H,19,21)/t11-,13+,14-,16-/m0/s1. The van der Waals surface area contributed by atoms with E-state index < -0.39 is 36.2 Å². The van der Waals surface area contributed by atoms with Crippen molar-refractivity contribution in [2.45, 2.75) is 44.2 Å². The molecule has 2 amide bonds. The van der Waals surface area contributed by atoms with Crippen LogP contribution >= 0.6 is 0 Å². The molecule has 0 radical (unpaired) electrons. The molecule has 1 aromatic rings. The molecule has 0 unspecified atom stereocenters. The molecule has 0 aromatic heterocycles. The summed E-state index contributed by atoms with van der Waals surface area (Å²) in [6.07, 6.45) is -2.29. The van der Waals surface area contributed by atoms with Crippen LogP contribution in [0.3, 0.4) is 0 Å². The normalized spacial score (nSPS) is 29.9. The number of carbonyl (C=O) groups excluding carboxylic acids is 2. The van der Waals surface area contributed by atoms with Gasteiger partial charge in [0.15, 0.2) is 12.0 Å². The van der Waals surface area contributed by atoms with Crippen LogP contribution in [-0.2, 0) is 19.0 Å². The molecule has 2 fully saturated rings. The lowest BCUT2D eigenvalue weighted by Crippen LogP contribution is -2.47. The molecule has 4 atom stereocenters. The molecule has 0 saturated carbocycles. The molecule has 25 heavy (non-hydrogen) atoms. The number of aliphatic hydroxyl groups is 1. The van der Waals surface area contributed by atoms with E-state index in [0.717, 1.165) is 0 Å². The fourth-order valence-electron chi connectivity index (χ4n) is 3.01. The summed E-state index contributed by atoms with van der Waals surface area (Å²) in [4.78, 5) is 24.1. The molecule has 8 heteroatoms. The van der Waals surface area contributed by atoms with Crippen LogP contribution in [-0.4, -0.2) is 60.4 Å². The predicted octanol–water partition coefficient (Wildman–Crippen LogP) is -0.230. The summed E-state index contributed by atoms with van der Waals surface area (Å²) >= 11 is 0. The van der Waals surface area contributed by atoms with Gasteiger partial charge < -0.3 is 30.0 Å². The summed E-state index contributed by atoms with van der Waals surface area (Å²) < 4.78 is 17.1. The largest absolute Gasteiger partial charge is 0.394 e. The van der Waals surface area contributed by atoms with Gasteiger partial charge in [0, 0.05) is 5.56 Å². The average Bonchev–Trinajstić information content (AvgIpc) is 3.07. The monoisotopic (exact) mass is 350 g/mol. The minimum atomic E-state index is -0.808. The lowest BCUT2D eigenvalue weighted by molar-refractivity contribution is -0.194. The molecule has 136 valence electrons. The van der Waals surface area contributed by atoms with Crippen molar-refractivity contribution >= 4 is 11.8 Å². The summed E-state index contributed by atoms with van der Waals surface area (Å²) in [5, 5.41) is 14.6. The van der Waals surface area contributed by atoms with Gasteiger partial charge in [0.2, 0.25) is 5.91 Å². The minimum Gasteiger partial charge on any atom is -0.394 e. The first kappa shape index (κ1) is 17.8. The van der Waals surface area contributed by atoms with Gasteiger partial charge in [0.05, 0.1) is 13.2 Å². The lowest BCUT2D eigenvalue weighted by Gasteiger charge is -2.24. The summed E-state index contributed by atoms with van der Waals surface area (Å²) in [6.45, 7) is 3.09. The van der Waals surface area contributed by atoms with Crippen LogP contribution in [0, 0.1) is 0 Å². The zero-order valence-electron chi connectivity index (χ0n) is 14.1. The number of carbonyl (C=O) groups is 2. The van der Waals surface area contributed by atoms with E-state index in [1.807, 2.05) is 0 Å². The van der Waals surface area contributed by atoms with Crippen LogP contribution in [0.15, 0.2) is 30.3 Å². The third-order valence-corrected chi connectivity index (χ3v) is 4.08. The van der Waals surface area contributed by atoms with Gasteiger partial charge in [-0.15, -0.1) is 0 Å². The minimum absolute atomic E-state index is 0.195. The molecule has 0 bridgehead atoms. The van der Waals surface area contributed by atoms with Gasteiger partial charge in [-0.3, -0.25) is 9.59 Å². The number of rotatable bonds is 5. The quantitative estimate of drug-likeness (QED) is 0.677. The van der Waals surface area contributed by atoms with E-state index in [4.69, 9.17) is 14.2 Å². The Morgan fingerprint density at radius 3 is 2.52 bits per heavy atom. The van der Waals surface area contributed by atoms with Crippen molar-refractivity contribution in [3.8, 4) is 0 Å². The highest BCUT2D eigenvalue weighted by Gasteiger charge is 2.55. The molecule has 0 aliphatic carbocycles. The molecule has 8 nitrogen and oxygen atoms in total. The molecule has 2 aliphatic heterocycles. The third kappa shape index (κ3) is 3.98. The highest BCUT2D eigenvalue weighted by molar-refractivity contribution is 5.96. The van der Waals surface area contributed by atoms with Gasteiger partial charge in [-0.2, -0.15) is 0 Å². The molecule has 2 aliphatic rings. The number of nitrogens with one attached hydrogen (secondary N) is 2. The van der Waals surface area contributed by atoms with Crippen molar-refractivity contribution in [2.24, 2.45) is 0 Å². The van der Waals surface area contributed by atoms with Gasteiger partial charge in [-0.25, -0.2) is 0 Å². The number of hydrogen-bond acceptors (Lipinski definition) is 6. The van der Waals surface area contributed by atoms with Gasteiger partial charge in [-0.1, -0.05) is 18.2 Å². The van der Waals surface area contributed by atoms with Gasteiger partial charge in [-0.05, 0) is 26.0 Å². The number of hydrogen-bond donors (Lipinski definition) is 3. The summed E-state index contributed by atoms with van der Waals surface area (Å²) in [5.41, 5.74) is 0.474. The Balaban J connectivity index is 1.53. The van der Waals surface area contributed by atoms with Crippen molar-refractivity contribution in [1.29, 1.82) is 0 Å². The van der Waals surface area contributed by atoms with Crippen molar-refractivity contribution in [1.82, 2.24) is 10.6 Å². The van der Waals surface area contributed by atoms with E-state index in [0.29, 0.717) is 5.56 Å². The molecule has 3 rings (SSSR count). The Bertz CT molecular complexity index is 635. The highest BCUT2D eigenvalue weighted by atomic mass is 16.8. The average molecular weight is 350 g/mol. The van der Waals surface area contributed by atoms with E-state index in [1.54, 1.807) is 44.2 Å². The van der Waals surface area contributed by atoms with E-state index in [-0.39, 0.29) is 19.1 Å². The van der Waals surface area contributed by atoms with E-state index in [1.165, 1.54) is 0 Å². The lowest BCUT2D eigenvalue weighted by atomic mass is 10.1. The number of aliphatic hydroxyl groups excluding tert-OH is 1. The molecule has 1 aromatic carbocycles. The second-order valence-corrected chi connectivity index (χ2v) is 6.46. The Morgan fingerprint density at radius 1 is 1.16 bits per heavy atom. The van der Waals surface area contributed by atoms with E-state index in [2.05, 4.69) is 10.6 Å². The summed E-state index contributed by atoms with van der Waals surface area (Å²) in [5.74, 6) is -1.56. The molecular formula is C17H22N2O6. The van der Waals surface area contributed by atoms with Crippen LogP contribution in [0.2, 0.25) is 0 Å². The number of fused-ring (bicyclic) bond motifs is 1. The number of amides is 2. The van der Waals surface area contributed by atoms with Crippen molar-refractivity contribution in [3.05, 3.63) is 35.9 Å². The van der Waals surface area contributed by atoms with Crippen LogP contribution in [0.1, 0.15) is 24.2 Å². The Hall–Kier alpha value is -2.00. The SMILES string of the molecule is CC1(C)O[C@H]2[C@H](O1)[C@@H](NC(=O)CNC(=O)c1ccccc1)O[C@H]2CO. The number of ether oxygens (including phenoxy) is 3. The predicted molar refractivity (Wildman–Crippen MR) is 86.5 cm³/mol. The molecule has 3 N–H and O–H groups in total. The smallest absolute Gasteiger partial charge is 0.251 e. The number of benzene rings is 1. The maximum Gasteiger partial charge on any atom is 0.251 e. The zero-order chi connectivity index (χ0) is 18.0. The first-order chi connectivity index (χ1) is 11.9. The van der Waals surface area contributed by atoms with Gasteiger partial charge >= 0.3 is 0 Å². The second kappa shape index (κ2) is 7.09. The summed E-state index contributed by atoms with van der Waals surface area (Å²) in [6, 6.07) is 8.62. The van der Waals surface area contributed by atoms with Crippen LogP contribution in [0.25, 0.3) is 0 Å². The first-order valence-corrected chi connectivity index (χ1v) is 8.14. The van der Waals surface area contributed by atoms with E-state index >= 15 is 0 Å².